The molecule has 0 spiro atoms. The summed E-state index contributed by atoms with van der Waals surface area (Å²) in [5.41, 5.74) is -2.47. The van der Waals surface area contributed by atoms with Crippen LogP contribution in [0.3, 0.4) is 0 Å². The lowest BCUT2D eigenvalue weighted by atomic mass is 10.3. The molecule has 0 fully saturated rings. The zero-order valence-corrected chi connectivity index (χ0v) is 15.3. The zero-order chi connectivity index (χ0) is 20.3. The highest BCUT2D eigenvalue weighted by molar-refractivity contribution is 7.99. The number of non-ortho nitro benzene ring substituents is 1. The fourth-order valence-corrected chi connectivity index (χ4v) is 3.19. The number of nitrogens with one attached hydrogen (secondary N) is 1. The van der Waals surface area contributed by atoms with E-state index < -0.39 is 22.0 Å². The molecule has 0 bridgehead atoms. The van der Waals surface area contributed by atoms with Crippen molar-refractivity contribution in [3.63, 3.8) is 0 Å². The molecule has 28 heavy (non-hydrogen) atoms. The van der Waals surface area contributed by atoms with Crippen LogP contribution < -0.4 is 21.9 Å². The van der Waals surface area contributed by atoms with Crippen molar-refractivity contribution >= 4 is 17.4 Å². The van der Waals surface area contributed by atoms with E-state index in [-0.39, 0.29) is 18.0 Å². The molecule has 11 heteroatoms. The number of rotatable bonds is 6. The Labute approximate surface area is 161 Å². The molecule has 1 heterocycles. The molecular formula is C17H14N4O6S. The second kappa shape index (κ2) is 7.96. The molecule has 144 valence electrons. The van der Waals surface area contributed by atoms with Crippen LogP contribution in [0.1, 0.15) is 6.92 Å². The van der Waals surface area contributed by atoms with E-state index in [9.17, 15) is 24.5 Å². The van der Waals surface area contributed by atoms with E-state index in [1.165, 1.54) is 23.9 Å². The average Bonchev–Trinajstić information content (AvgIpc) is 2.67. The van der Waals surface area contributed by atoms with Crippen molar-refractivity contribution in [3.8, 4) is 5.69 Å². The van der Waals surface area contributed by atoms with Crippen LogP contribution in [-0.2, 0) is 0 Å². The molecular weight excluding hydrogens is 388 g/mol. The van der Waals surface area contributed by atoms with Gasteiger partial charge in [0.15, 0.2) is 0 Å². The highest BCUT2D eigenvalue weighted by atomic mass is 32.2. The molecule has 0 aliphatic carbocycles. The Morgan fingerprint density at radius 3 is 2.11 bits per heavy atom. The van der Waals surface area contributed by atoms with Crippen LogP contribution in [0.2, 0.25) is 0 Å². The fourth-order valence-electron chi connectivity index (χ4n) is 2.37. The number of nitro groups is 1. The molecule has 0 saturated carbocycles. The first-order chi connectivity index (χ1) is 13.4. The van der Waals surface area contributed by atoms with Gasteiger partial charge in [-0.15, -0.1) is 0 Å². The van der Waals surface area contributed by atoms with E-state index in [4.69, 9.17) is 4.84 Å². The SMILES string of the molecule is CCOn1c(=O)[nH]c(=O)n(-c2ccc(Sc3ccc([N+](=O)[O-])cc3)cc2)c1=O. The van der Waals surface area contributed by atoms with E-state index in [0.29, 0.717) is 4.73 Å². The number of aromatic nitrogens is 3. The standard InChI is InChI=1S/C17H14N4O6S/c1-2-27-20-16(23)18-15(22)19(17(20)24)11-3-7-13(8-4-11)28-14-9-5-12(6-10-14)21(25)26/h3-10H,2H2,1H3,(H,18,22,23). The van der Waals surface area contributed by atoms with Gasteiger partial charge >= 0.3 is 17.1 Å². The molecule has 0 aliphatic rings. The maximum atomic E-state index is 12.4. The minimum atomic E-state index is -0.946. The Morgan fingerprint density at radius 1 is 1.00 bits per heavy atom. The molecule has 1 N–H and O–H groups in total. The summed E-state index contributed by atoms with van der Waals surface area (Å²) in [7, 11) is 0. The van der Waals surface area contributed by atoms with Gasteiger partial charge in [-0.1, -0.05) is 16.5 Å². The third-order valence-corrected chi connectivity index (χ3v) is 4.62. The van der Waals surface area contributed by atoms with Gasteiger partial charge in [0, 0.05) is 21.9 Å². The summed E-state index contributed by atoms with van der Waals surface area (Å²) in [6.45, 7) is 1.68. The van der Waals surface area contributed by atoms with Crippen molar-refractivity contribution < 1.29 is 9.76 Å². The summed E-state index contributed by atoms with van der Waals surface area (Å²) in [5, 5.41) is 10.7. The lowest BCUT2D eigenvalue weighted by molar-refractivity contribution is -0.384. The monoisotopic (exact) mass is 402 g/mol. The average molecular weight is 402 g/mol. The summed E-state index contributed by atoms with van der Waals surface area (Å²) < 4.78 is 1.28. The minimum absolute atomic E-state index is 0.00252. The van der Waals surface area contributed by atoms with Gasteiger partial charge in [-0.3, -0.25) is 15.1 Å². The topological polar surface area (TPSA) is 129 Å². The van der Waals surface area contributed by atoms with E-state index in [1.807, 2.05) is 4.98 Å². The largest absolute Gasteiger partial charge is 0.405 e. The molecule has 0 atom stereocenters. The Balaban J connectivity index is 1.90. The van der Waals surface area contributed by atoms with E-state index in [1.54, 1.807) is 43.3 Å². The van der Waals surface area contributed by atoms with Crippen LogP contribution in [0.4, 0.5) is 5.69 Å². The summed E-state index contributed by atoms with van der Waals surface area (Å²) >= 11 is 1.36. The van der Waals surface area contributed by atoms with E-state index in [2.05, 4.69) is 0 Å². The second-order valence-corrected chi connectivity index (χ2v) is 6.56. The maximum absolute atomic E-state index is 12.4. The van der Waals surface area contributed by atoms with Gasteiger partial charge in [0.1, 0.15) is 6.61 Å². The zero-order valence-electron chi connectivity index (χ0n) is 14.5. The van der Waals surface area contributed by atoms with Crippen molar-refractivity contribution in [2.75, 3.05) is 6.61 Å². The quantitative estimate of drug-likeness (QED) is 0.484. The van der Waals surface area contributed by atoms with Crippen molar-refractivity contribution in [3.05, 3.63) is 90.1 Å². The minimum Gasteiger partial charge on any atom is -0.405 e. The number of hydrogen-bond acceptors (Lipinski definition) is 7. The Bertz CT molecular complexity index is 1180. The third kappa shape index (κ3) is 3.88. The predicted molar refractivity (Wildman–Crippen MR) is 101 cm³/mol. The Kier molecular flexibility index (Phi) is 5.45. The summed E-state index contributed by atoms with van der Waals surface area (Å²) in [6, 6.07) is 12.5. The van der Waals surface area contributed by atoms with Gasteiger partial charge in [0.05, 0.1) is 10.6 Å². The molecule has 3 aromatic rings. The van der Waals surface area contributed by atoms with Crippen LogP contribution in [0.15, 0.2) is 72.7 Å². The molecule has 3 rings (SSSR count). The molecule has 0 aliphatic heterocycles. The Morgan fingerprint density at radius 2 is 1.57 bits per heavy atom. The van der Waals surface area contributed by atoms with Crippen LogP contribution in [0.25, 0.3) is 5.69 Å². The normalized spacial score (nSPS) is 10.6. The van der Waals surface area contributed by atoms with Gasteiger partial charge in [0.25, 0.3) is 5.69 Å². The van der Waals surface area contributed by atoms with Crippen LogP contribution in [-0.4, -0.2) is 25.8 Å². The van der Waals surface area contributed by atoms with Crippen LogP contribution in [0, 0.1) is 10.1 Å². The summed E-state index contributed by atoms with van der Waals surface area (Å²) in [5.74, 6) is 0. The lowest BCUT2D eigenvalue weighted by Gasteiger charge is -2.09. The molecule has 2 aromatic carbocycles. The number of H-pyrrole nitrogens is 1. The predicted octanol–water partition coefficient (Wildman–Crippen LogP) is 1.20. The van der Waals surface area contributed by atoms with Gasteiger partial charge in [-0.2, -0.15) is 0 Å². The third-order valence-electron chi connectivity index (χ3n) is 3.60. The van der Waals surface area contributed by atoms with Gasteiger partial charge in [0.2, 0.25) is 0 Å². The summed E-state index contributed by atoms with van der Waals surface area (Å²) in [6.07, 6.45) is 0. The van der Waals surface area contributed by atoms with E-state index in [0.717, 1.165) is 14.4 Å². The number of hydrogen-bond donors (Lipinski definition) is 1. The van der Waals surface area contributed by atoms with Crippen molar-refractivity contribution in [2.24, 2.45) is 0 Å². The Hall–Kier alpha value is -3.60. The van der Waals surface area contributed by atoms with Crippen LogP contribution in [0.5, 0.6) is 0 Å². The molecule has 0 radical (unpaired) electrons. The first kappa shape index (κ1) is 19.2. The fraction of sp³-hybridized carbons (Fsp3) is 0.118. The van der Waals surface area contributed by atoms with Crippen molar-refractivity contribution in [2.45, 2.75) is 16.7 Å². The lowest BCUT2D eigenvalue weighted by Crippen LogP contribution is -2.51. The number of aromatic amines is 1. The van der Waals surface area contributed by atoms with Crippen molar-refractivity contribution in [1.29, 1.82) is 0 Å². The first-order valence-electron chi connectivity index (χ1n) is 8.05. The molecule has 0 amide bonds. The van der Waals surface area contributed by atoms with Crippen LogP contribution >= 0.6 is 11.8 Å². The molecule has 0 saturated heterocycles. The van der Waals surface area contributed by atoms with Gasteiger partial charge in [-0.25, -0.2) is 19.0 Å². The number of nitro benzene ring substituents is 1. The highest BCUT2D eigenvalue weighted by Gasteiger charge is 2.12. The first-order valence-corrected chi connectivity index (χ1v) is 8.86. The highest BCUT2D eigenvalue weighted by Crippen LogP contribution is 2.29. The molecule has 1 aromatic heterocycles. The maximum Gasteiger partial charge on any atom is 0.374 e. The second-order valence-electron chi connectivity index (χ2n) is 5.41. The van der Waals surface area contributed by atoms with Crippen molar-refractivity contribution in [1.82, 2.24) is 14.3 Å². The van der Waals surface area contributed by atoms with Gasteiger partial charge in [-0.05, 0) is 43.3 Å². The molecule has 10 nitrogen and oxygen atoms in total. The number of benzene rings is 2. The van der Waals surface area contributed by atoms with E-state index >= 15 is 0 Å². The van der Waals surface area contributed by atoms with Gasteiger partial charge < -0.3 is 4.84 Å². The summed E-state index contributed by atoms with van der Waals surface area (Å²) in [4.78, 5) is 54.9. The smallest absolute Gasteiger partial charge is 0.374 e. The molecule has 0 unspecified atom stereocenters. The number of nitrogens with zero attached hydrogens (tertiary/aromatic N) is 3.